The van der Waals surface area contributed by atoms with E-state index in [1.807, 2.05) is 24.3 Å². The molecule has 0 N–H and O–H groups in total. The standard InChI is InChI=1S/C25H21N.C11H12/c1-4-9-19(5-2)20-14-15-25-23(17-20)22-12-6-7-13-24(22)26(25)21-11-8-10-18(3)16-21;1-4-9(2)11-8-6-5-7-10(11)3/h4-17H,1-2H2,3H3;4-8H,1-2H2,3H3/b19-9+;. The highest BCUT2D eigenvalue weighted by atomic mass is 15.0. The quantitative estimate of drug-likeness (QED) is 0.214. The van der Waals surface area contributed by atoms with Crippen molar-refractivity contribution in [2.24, 2.45) is 0 Å². The number of hydrogen-bond acceptors (Lipinski definition) is 0. The fourth-order valence-electron chi connectivity index (χ4n) is 4.65. The van der Waals surface area contributed by atoms with Crippen LogP contribution in [0.5, 0.6) is 0 Å². The van der Waals surface area contributed by atoms with Gasteiger partial charge in [-0.05, 0) is 77.6 Å². The molecule has 0 bridgehead atoms. The number of fused-ring (bicyclic) bond motifs is 3. The number of allylic oxidation sites excluding steroid dienone is 6. The number of aromatic nitrogens is 1. The Kier molecular flexibility index (Phi) is 7.86. The minimum atomic E-state index is 0.989. The molecule has 1 aromatic heterocycles. The Bertz CT molecular complexity index is 1660. The second kappa shape index (κ2) is 11.4. The highest BCUT2D eigenvalue weighted by Gasteiger charge is 2.13. The monoisotopic (exact) mass is 479 g/mol. The van der Waals surface area contributed by atoms with E-state index in [2.05, 4.69) is 124 Å². The molecule has 0 radical (unpaired) electrons. The summed E-state index contributed by atoms with van der Waals surface area (Å²) in [6.07, 6.45) is 7.45. The third kappa shape index (κ3) is 5.32. The molecule has 0 fully saturated rings. The summed E-state index contributed by atoms with van der Waals surface area (Å²) in [6, 6.07) is 32.0. The summed E-state index contributed by atoms with van der Waals surface area (Å²) in [7, 11) is 0. The first-order valence-electron chi connectivity index (χ1n) is 12.4. The number of nitrogens with zero attached hydrogens (tertiary/aromatic N) is 1. The third-order valence-electron chi connectivity index (χ3n) is 6.52. The van der Waals surface area contributed by atoms with E-state index in [9.17, 15) is 0 Å². The lowest BCUT2D eigenvalue weighted by atomic mass is 10.0. The van der Waals surface area contributed by atoms with Crippen LogP contribution in [0.25, 0.3) is 38.6 Å². The maximum absolute atomic E-state index is 3.94. The van der Waals surface area contributed by atoms with Crippen molar-refractivity contribution in [2.45, 2.75) is 13.8 Å². The average molecular weight is 480 g/mol. The number of rotatable bonds is 6. The minimum Gasteiger partial charge on any atom is -0.309 e. The van der Waals surface area contributed by atoms with Crippen molar-refractivity contribution in [3.05, 3.63) is 164 Å². The van der Waals surface area contributed by atoms with Crippen LogP contribution in [0.2, 0.25) is 0 Å². The van der Waals surface area contributed by atoms with E-state index in [0.29, 0.717) is 0 Å². The molecule has 0 aliphatic carbocycles. The molecule has 0 unspecified atom stereocenters. The predicted octanol–water partition coefficient (Wildman–Crippen LogP) is 10.0. The molecule has 5 rings (SSSR count). The first-order valence-corrected chi connectivity index (χ1v) is 12.4. The maximum atomic E-state index is 3.94. The van der Waals surface area contributed by atoms with E-state index >= 15 is 0 Å². The van der Waals surface area contributed by atoms with Crippen molar-refractivity contribution < 1.29 is 0 Å². The summed E-state index contributed by atoms with van der Waals surface area (Å²) >= 11 is 0. The maximum Gasteiger partial charge on any atom is 0.0541 e. The summed E-state index contributed by atoms with van der Waals surface area (Å²) in [5, 5.41) is 2.50. The molecule has 4 aromatic carbocycles. The van der Waals surface area contributed by atoms with Crippen LogP contribution in [-0.2, 0) is 0 Å². The zero-order valence-corrected chi connectivity index (χ0v) is 21.7. The van der Waals surface area contributed by atoms with Crippen LogP contribution in [0.1, 0.15) is 22.3 Å². The molecular weight excluding hydrogens is 446 g/mol. The summed E-state index contributed by atoms with van der Waals surface area (Å²) in [5.74, 6) is 0. The van der Waals surface area contributed by atoms with Crippen LogP contribution in [0.15, 0.2) is 142 Å². The molecule has 1 nitrogen and oxygen atoms in total. The van der Waals surface area contributed by atoms with Gasteiger partial charge in [-0.2, -0.15) is 0 Å². The number of aryl methyl sites for hydroxylation is 2. The molecule has 1 heterocycles. The van der Waals surface area contributed by atoms with Gasteiger partial charge in [-0.25, -0.2) is 0 Å². The first-order chi connectivity index (χ1) is 18.0. The lowest BCUT2D eigenvalue weighted by Crippen LogP contribution is -1.94. The molecule has 5 aromatic rings. The van der Waals surface area contributed by atoms with Gasteiger partial charge in [-0.15, -0.1) is 0 Å². The zero-order chi connectivity index (χ0) is 26.4. The third-order valence-corrected chi connectivity index (χ3v) is 6.52. The molecule has 0 saturated heterocycles. The molecule has 0 aliphatic heterocycles. The first kappa shape index (κ1) is 25.5. The second-order valence-corrected chi connectivity index (χ2v) is 9.03. The summed E-state index contributed by atoms with van der Waals surface area (Å²) in [5.41, 5.74) is 10.5. The van der Waals surface area contributed by atoms with Crippen molar-refractivity contribution in [1.29, 1.82) is 0 Å². The Hall–Kier alpha value is -4.62. The van der Waals surface area contributed by atoms with E-state index in [4.69, 9.17) is 0 Å². The molecule has 0 aliphatic rings. The molecule has 182 valence electrons. The van der Waals surface area contributed by atoms with Gasteiger partial charge in [0, 0.05) is 16.5 Å². The molecule has 0 amide bonds. The van der Waals surface area contributed by atoms with Crippen LogP contribution < -0.4 is 0 Å². The molecular formula is C36H33N. The lowest BCUT2D eigenvalue weighted by Gasteiger charge is -2.09. The largest absolute Gasteiger partial charge is 0.309 e. The van der Waals surface area contributed by atoms with Crippen molar-refractivity contribution >= 4 is 33.0 Å². The summed E-state index contributed by atoms with van der Waals surface area (Å²) < 4.78 is 2.34. The van der Waals surface area contributed by atoms with Gasteiger partial charge in [-0.3, -0.25) is 0 Å². The fourth-order valence-corrected chi connectivity index (χ4v) is 4.65. The number of hydrogen-bond donors (Lipinski definition) is 0. The zero-order valence-electron chi connectivity index (χ0n) is 21.7. The average Bonchev–Trinajstić information content (AvgIpc) is 3.25. The van der Waals surface area contributed by atoms with Gasteiger partial charge in [0.15, 0.2) is 0 Å². The van der Waals surface area contributed by atoms with Crippen LogP contribution in [0.4, 0.5) is 0 Å². The molecule has 0 saturated carbocycles. The minimum absolute atomic E-state index is 0.989. The van der Waals surface area contributed by atoms with Gasteiger partial charge in [0.2, 0.25) is 0 Å². The normalized spacial score (nSPS) is 11.0. The van der Waals surface area contributed by atoms with Gasteiger partial charge in [-0.1, -0.05) is 111 Å². The molecule has 37 heavy (non-hydrogen) atoms. The SMILES string of the molecule is C=C/C=C(\C=C)c1ccc2c(c1)c1ccccc1n2-c1cccc(C)c1.C=CC(=C)c1ccccc1C. The van der Waals surface area contributed by atoms with E-state index in [1.165, 1.54) is 44.2 Å². The van der Waals surface area contributed by atoms with E-state index in [1.54, 1.807) is 12.2 Å². The summed E-state index contributed by atoms with van der Waals surface area (Å²) in [4.78, 5) is 0. The molecule has 1 heteroatoms. The Morgan fingerprint density at radius 1 is 0.703 bits per heavy atom. The van der Waals surface area contributed by atoms with E-state index in [0.717, 1.165) is 16.7 Å². The van der Waals surface area contributed by atoms with Crippen LogP contribution in [0, 0.1) is 13.8 Å². The van der Waals surface area contributed by atoms with Gasteiger partial charge < -0.3 is 4.57 Å². The topological polar surface area (TPSA) is 4.93 Å². The summed E-state index contributed by atoms with van der Waals surface area (Å²) in [6.45, 7) is 19.5. The number of para-hydroxylation sites is 1. The Morgan fingerprint density at radius 3 is 2.14 bits per heavy atom. The Labute approximate surface area is 220 Å². The second-order valence-electron chi connectivity index (χ2n) is 9.03. The molecule has 0 spiro atoms. The Balaban J connectivity index is 0.000000245. The highest BCUT2D eigenvalue weighted by Crippen LogP contribution is 2.34. The fraction of sp³-hybridized carbons (Fsp3) is 0.0556. The van der Waals surface area contributed by atoms with Crippen molar-refractivity contribution in [2.75, 3.05) is 0 Å². The van der Waals surface area contributed by atoms with Gasteiger partial charge in [0.05, 0.1) is 11.0 Å². The van der Waals surface area contributed by atoms with E-state index < -0.39 is 0 Å². The van der Waals surface area contributed by atoms with Crippen molar-refractivity contribution in [3.63, 3.8) is 0 Å². The van der Waals surface area contributed by atoms with E-state index in [-0.39, 0.29) is 0 Å². The van der Waals surface area contributed by atoms with Crippen molar-refractivity contribution in [1.82, 2.24) is 4.57 Å². The number of benzene rings is 4. The molecule has 0 atom stereocenters. The van der Waals surface area contributed by atoms with Crippen molar-refractivity contribution in [3.8, 4) is 5.69 Å². The van der Waals surface area contributed by atoms with Gasteiger partial charge in [0.25, 0.3) is 0 Å². The predicted molar refractivity (Wildman–Crippen MR) is 164 cm³/mol. The highest BCUT2D eigenvalue weighted by molar-refractivity contribution is 6.10. The lowest BCUT2D eigenvalue weighted by molar-refractivity contribution is 1.17. The van der Waals surface area contributed by atoms with Crippen LogP contribution in [-0.4, -0.2) is 4.57 Å². The van der Waals surface area contributed by atoms with Crippen LogP contribution in [0.3, 0.4) is 0 Å². The van der Waals surface area contributed by atoms with Gasteiger partial charge >= 0.3 is 0 Å². The van der Waals surface area contributed by atoms with Gasteiger partial charge in [0.1, 0.15) is 0 Å². The van der Waals surface area contributed by atoms with Crippen LogP contribution >= 0.6 is 0 Å². The smallest absolute Gasteiger partial charge is 0.0541 e. The Morgan fingerprint density at radius 2 is 1.43 bits per heavy atom.